The molecule has 68 heavy (non-hydrogen) atoms. The molecule has 0 spiro atoms. The monoisotopic (exact) mass is 954 g/mol. The van der Waals surface area contributed by atoms with E-state index in [0.29, 0.717) is 19.3 Å². The zero-order valence-electron chi connectivity index (χ0n) is 45.5. The Hall–Kier alpha value is -2.18. The van der Waals surface area contributed by atoms with E-state index >= 15 is 0 Å². The molecule has 0 rings (SSSR count). The highest BCUT2D eigenvalue weighted by molar-refractivity contribution is 5.77. The van der Waals surface area contributed by atoms with Gasteiger partial charge in [-0.1, -0.05) is 294 Å². The number of unbranched alkanes of at least 4 members (excludes halogenated alkanes) is 35. The van der Waals surface area contributed by atoms with Crippen molar-refractivity contribution in [1.29, 1.82) is 0 Å². The topological polar surface area (TPSA) is 95.9 Å². The van der Waals surface area contributed by atoms with Gasteiger partial charge in [0.25, 0.3) is 0 Å². The first-order chi connectivity index (χ1) is 33.5. The van der Waals surface area contributed by atoms with Crippen LogP contribution in [0.3, 0.4) is 0 Å². The highest BCUT2D eigenvalue weighted by Crippen LogP contribution is 2.18. The number of ether oxygens (including phenoxy) is 1. The fourth-order valence-corrected chi connectivity index (χ4v) is 9.12. The second-order valence-electron chi connectivity index (χ2n) is 20.4. The number of allylic oxidation sites excluding steroid dienone is 7. The summed E-state index contributed by atoms with van der Waals surface area (Å²) in [6, 6.07) is -0.730. The van der Waals surface area contributed by atoms with Crippen molar-refractivity contribution in [2.24, 2.45) is 0 Å². The second kappa shape index (κ2) is 55.7. The number of hydrogen-bond acceptors (Lipinski definition) is 5. The van der Waals surface area contributed by atoms with Crippen molar-refractivity contribution in [1.82, 2.24) is 5.32 Å². The molecule has 6 nitrogen and oxygen atoms in total. The summed E-state index contributed by atoms with van der Waals surface area (Å²) in [5, 5.41) is 23.9. The van der Waals surface area contributed by atoms with Crippen LogP contribution in [-0.2, 0) is 14.3 Å². The zero-order valence-corrected chi connectivity index (χ0v) is 45.5. The number of amides is 1. The molecule has 0 aliphatic heterocycles. The van der Waals surface area contributed by atoms with Crippen molar-refractivity contribution >= 4 is 11.9 Å². The summed E-state index contributed by atoms with van der Waals surface area (Å²) in [4.78, 5) is 26.3. The molecule has 0 aromatic heterocycles. The molecule has 0 radical (unpaired) electrons. The average Bonchev–Trinajstić information content (AvgIpc) is 3.33. The third-order valence-corrected chi connectivity index (χ3v) is 13.7. The van der Waals surface area contributed by atoms with E-state index in [1.807, 2.05) is 6.08 Å². The van der Waals surface area contributed by atoms with E-state index in [2.05, 4.69) is 68.6 Å². The van der Waals surface area contributed by atoms with Crippen molar-refractivity contribution in [2.45, 2.75) is 328 Å². The van der Waals surface area contributed by atoms with Crippen LogP contribution in [0.1, 0.15) is 310 Å². The normalized spacial score (nSPS) is 13.4. The molecule has 3 atom stereocenters. The first-order valence-corrected chi connectivity index (χ1v) is 29.9. The minimum Gasteiger partial charge on any atom is -0.461 e. The van der Waals surface area contributed by atoms with Crippen LogP contribution in [0, 0.1) is 0 Å². The molecule has 0 aromatic carbocycles. The third-order valence-electron chi connectivity index (χ3n) is 13.7. The summed E-state index contributed by atoms with van der Waals surface area (Å²) in [6.07, 6.45) is 69.1. The maximum absolute atomic E-state index is 13.3. The molecule has 0 bridgehead atoms. The summed E-state index contributed by atoms with van der Waals surface area (Å²) >= 11 is 0. The summed E-state index contributed by atoms with van der Waals surface area (Å²) < 4.78 is 5.90. The second-order valence-corrected chi connectivity index (χ2v) is 20.4. The summed E-state index contributed by atoms with van der Waals surface area (Å²) in [6.45, 7) is 6.47. The molecule has 6 heteroatoms. The van der Waals surface area contributed by atoms with E-state index in [9.17, 15) is 19.8 Å². The highest BCUT2D eigenvalue weighted by atomic mass is 16.5. The van der Waals surface area contributed by atoms with Crippen molar-refractivity contribution in [3.8, 4) is 0 Å². The molecular formula is C62H115NO5. The standard InChI is InChI=1S/C62H115NO5/c1-4-7-10-13-16-19-22-25-28-29-30-31-34-37-40-43-46-49-52-55-62(67)68-58(53-50-47-44-41-38-35-32-26-23-20-17-14-11-8-5-2)56-61(66)63-59(57-64)60(65)54-51-48-45-42-39-36-33-27-24-21-18-15-12-9-6-3/h17,20,26,32,38,41,47,50,58-60,64-65H,4-16,18-19,21-25,27-31,33-37,39-40,42-46,48-49,51-57H2,1-3H3,(H,63,66)/b20-17-,32-26-,41-38-,50-47-. The van der Waals surface area contributed by atoms with Gasteiger partial charge in [0.15, 0.2) is 0 Å². The van der Waals surface area contributed by atoms with Gasteiger partial charge in [-0.2, -0.15) is 0 Å². The molecule has 398 valence electrons. The Morgan fingerprint density at radius 3 is 1.18 bits per heavy atom. The van der Waals surface area contributed by atoms with Crippen molar-refractivity contribution in [3.63, 3.8) is 0 Å². The molecule has 3 N–H and O–H groups in total. The quantitative estimate of drug-likeness (QED) is 0.0321. The summed E-state index contributed by atoms with van der Waals surface area (Å²) in [5.41, 5.74) is 0. The summed E-state index contributed by atoms with van der Waals surface area (Å²) in [7, 11) is 0. The maximum atomic E-state index is 13.3. The van der Waals surface area contributed by atoms with Crippen LogP contribution in [0.15, 0.2) is 48.6 Å². The predicted octanol–water partition coefficient (Wildman–Crippen LogP) is 18.6. The molecule has 0 saturated carbocycles. The molecule has 1 amide bonds. The number of hydrogen-bond donors (Lipinski definition) is 3. The van der Waals surface area contributed by atoms with Crippen LogP contribution in [-0.4, -0.2) is 46.9 Å². The molecule has 0 aromatic rings. The van der Waals surface area contributed by atoms with E-state index in [0.717, 1.165) is 57.8 Å². The Bertz CT molecular complexity index is 1160. The van der Waals surface area contributed by atoms with Crippen LogP contribution in [0.2, 0.25) is 0 Å². The lowest BCUT2D eigenvalue weighted by atomic mass is 10.0. The zero-order chi connectivity index (χ0) is 49.5. The SMILES string of the molecule is CCCCC/C=C\C/C=C\C/C=C\C/C=C\CC(CC(=O)NC(CO)C(O)CCCCCCCCCCCCCCCCC)OC(=O)CCCCCCCCCCCCCCCCCCCCC. The van der Waals surface area contributed by atoms with Crippen LogP contribution >= 0.6 is 0 Å². The Morgan fingerprint density at radius 2 is 0.779 bits per heavy atom. The predicted molar refractivity (Wildman–Crippen MR) is 296 cm³/mol. The van der Waals surface area contributed by atoms with E-state index in [1.54, 1.807) is 0 Å². The Kier molecular flexibility index (Phi) is 54.0. The lowest BCUT2D eigenvalue weighted by Crippen LogP contribution is -2.46. The average molecular weight is 955 g/mol. The molecule has 0 fully saturated rings. The first-order valence-electron chi connectivity index (χ1n) is 29.9. The Balaban J connectivity index is 4.59. The Labute approximate surface area is 423 Å². The van der Waals surface area contributed by atoms with E-state index < -0.39 is 18.2 Å². The van der Waals surface area contributed by atoms with E-state index in [1.165, 1.54) is 205 Å². The molecule has 3 unspecified atom stereocenters. The van der Waals surface area contributed by atoms with Gasteiger partial charge < -0.3 is 20.3 Å². The van der Waals surface area contributed by atoms with Crippen molar-refractivity contribution < 1.29 is 24.5 Å². The fourth-order valence-electron chi connectivity index (χ4n) is 9.12. The van der Waals surface area contributed by atoms with Crippen LogP contribution in [0.5, 0.6) is 0 Å². The van der Waals surface area contributed by atoms with E-state index in [4.69, 9.17) is 4.74 Å². The van der Waals surface area contributed by atoms with Gasteiger partial charge in [0, 0.05) is 12.8 Å². The van der Waals surface area contributed by atoms with Crippen molar-refractivity contribution in [2.75, 3.05) is 6.61 Å². The van der Waals surface area contributed by atoms with Gasteiger partial charge in [0.1, 0.15) is 6.10 Å². The van der Waals surface area contributed by atoms with Crippen molar-refractivity contribution in [3.05, 3.63) is 48.6 Å². The lowest BCUT2D eigenvalue weighted by Gasteiger charge is -2.24. The number of esters is 1. The van der Waals surface area contributed by atoms with Gasteiger partial charge in [-0.3, -0.25) is 9.59 Å². The van der Waals surface area contributed by atoms with Gasteiger partial charge in [0.05, 0.1) is 25.2 Å². The smallest absolute Gasteiger partial charge is 0.306 e. The lowest BCUT2D eigenvalue weighted by molar-refractivity contribution is -0.150. The fraction of sp³-hybridized carbons (Fsp3) is 0.839. The number of nitrogens with one attached hydrogen (secondary N) is 1. The molecule has 0 aliphatic carbocycles. The molecule has 0 heterocycles. The van der Waals surface area contributed by atoms with Crippen LogP contribution in [0.25, 0.3) is 0 Å². The van der Waals surface area contributed by atoms with Gasteiger partial charge in [-0.25, -0.2) is 0 Å². The van der Waals surface area contributed by atoms with Gasteiger partial charge in [-0.15, -0.1) is 0 Å². The van der Waals surface area contributed by atoms with Gasteiger partial charge >= 0.3 is 5.97 Å². The molecule has 0 aliphatic rings. The first kappa shape index (κ1) is 65.8. The van der Waals surface area contributed by atoms with Gasteiger partial charge in [0.2, 0.25) is 5.91 Å². The largest absolute Gasteiger partial charge is 0.461 e. The summed E-state index contributed by atoms with van der Waals surface area (Å²) in [5.74, 6) is -0.561. The number of aliphatic hydroxyl groups excluding tert-OH is 2. The minimum absolute atomic E-state index is 0.00510. The highest BCUT2D eigenvalue weighted by Gasteiger charge is 2.23. The third kappa shape index (κ3) is 50.2. The minimum atomic E-state index is -0.810. The van der Waals surface area contributed by atoms with Crippen LogP contribution in [0.4, 0.5) is 0 Å². The Morgan fingerprint density at radius 1 is 0.441 bits per heavy atom. The van der Waals surface area contributed by atoms with Crippen LogP contribution < -0.4 is 5.32 Å². The molecular weight excluding hydrogens is 839 g/mol. The molecule has 0 saturated heterocycles. The maximum Gasteiger partial charge on any atom is 0.306 e. The van der Waals surface area contributed by atoms with E-state index in [-0.39, 0.29) is 24.9 Å². The number of carbonyl (C=O) groups is 2. The number of rotatable bonds is 54. The number of carbonyl (C=O) groups excluding carboxylic acids is 2. The van der Waals surface area contributed by atoms with Gasteiger partial charge in [-0.05, 0) is 44.9 Å². The number of aliphatic hydroxyl groups is 2.